The third-order valence-corrected chi connectivity index (χ3v) is 2.24. The Labute approximate surface area is 104 Å². The van der Waals surface area contributed by atoms with Crippen LogP contribution in [0.15, 0.2) is 36.9 Å². The molecule has 1 unspecified atom stereocenters. The van der Waals surface area contributed by atoms with Gasteiger partial charge in [-0.1, -0.05) is 18.2 Å². The molecule has 0 saturated carbocycles. The molecule has 96 valence electrons. The minimum Gasteiger partial charge on any atom is -0.465 e. The summed E-state index contributed by atoms with van der Waals surface area (Å²) in [7, 11) is 0. The number of carbonyl (C=O) groups excluding carboxylic acids is 1. The molecular weight excluding hydrogens is 234 g/mol. The Hall–Kier alpha value is -2.50. The van der Waals surface area contributed by atoms with Crippen molar-refractivity contribution in [2.45, 2.75) is 12.5 Å². The molecule has 2 amide bonds. The average molecular weight is 249 g/mol. The van der Waals surface area contributed by atoms with Gasteiger partial charge in [-0.05, 0) is 18.6 Å². The van der Waals surface area contributed by atoms with Crippen LogP contribution in [0.3, 0.4) is 0 Å². The van der Waals surface area contributed by atoms with Crippen LogP contribution < -0.4 is 16.4 Å². The molecule has 1 rings (SSSR count). The highest BCUT2D eigenvalue weighted by atomic mass is 16.4. The van der Waals surface area contributed by atoms with Crippen molar-refractivity contribution in [3.8, 4) is 0 Å². The van der Waals surface area contributed by atoms with Crippen molar-refractivity contribution in [3.63, 3.8) is 0 Å². The molecule has 0 bridgehead atoms. The van der Waals surface area contributed by atoms with Gasteiger partial charge in [0.15, 0.2) is 0 Å². The fraction of sp³-hybridized carbons (Fsp3) is 0.167. The number of para-hydroxylation sites is 2. The summed E-state index contributed by atoms with van der Waals surface area (Å²) in [6, 6.07) is 5.85. The predicted molar refractivity (Wildman–Crippen MR) is 69.2 cm³/mol. The maximum Gasteiger partial charge on any atom is 0.405 e. The summed E-state index contributed by atoms with van der Waals surface area (Å²) >= 11 is 0. The van der Waals surface area contributed by atoms with E-state index in [2.05, 4.69) is 17.2 Å². The van der Waals surface area contributed by atoms with Gasteiger partial charge in [-0.15, -0.1) is 6.58 Å². The lowest BCUT2D eigenvalue weighted by atomic mass is 10.2. The smallest absolute Gasteiger partial charge is 0.405 e. The summed E-state index contributed by atoms with van der Waals surface area (Å²) < 4.78 is 0. The summed E-state index contributed by atoms with van der Waals surface area (Å²) in [6.07, 6.45) is 0.400. The van der Waals surface area contributed by atoms with Crippen molar-refractivity contribution in [2.24, 2.45) is 0 Å². The first-order valence-corrected chi connectivity index (χ1v) is 5.30. The average Bonchev–Trinajstić information content (AvgIpc) is 2.31. The molecule has 0 heterocycles. The van der Waals surface area contributed by atoms with Gasteiger partial charge in [0, 0.05) is 0 Å². The lowest BCUT2D eigenvalue weighted by Crippen LogP contribution is -2.42. The molecule has 18 heavy (non-hydrogen) atoms. The lowest BCUT2D eigenvalue weighted by Gasteiger charge is -2.15. The molecule has 1 aromatic rings. The number of rotatable bonds is 5. The Bertz CT molecular complexity index is 460. The maximum absolute atomic E-state index is 11.9. The van der Waals surface area contributed by atoms with Gasteiger partial charge >= 0.3 is 6.09 Å². The van der Waals surface area contributed by atoms with E-state index < -0.39 is 18.0 Å². The van der Waals surface area contributed by atoms with Gasteiger partial charge in [0.05, 0.1) is 11.4 Å². The second kappa shape index (κ2) is 6.29. The van der Waals surface area contributed by atoms with Crippen LogP contribution in [-0.4, -0.2) is 23.1 Å². The van der Waals surface area contributed by atoms with Gasteiger partial charge in [-0.25, -0.2) is 4.79 Å². The van der Waals surface area contributed by atoms with Gasteiger partial charge < -0.3 is 21.5 Å². The van der Waals surface area contributed by atoms with Gasteiger partial charge in [-0.2, -0.15) is 0 Å². The third-order valence-electron chi connectivity index (χ3n) is 2.24. The number of carbonyl (C=O) groups is 2. The molecule has 0 aliphatic carbocycles. The molecule has 0 aliphatic rings. The molecule has 0 aliphatic heterocycles. The first kappa shape index (κ1) is 13.6. The summed E-state index contributed by atoms with van der Waals surface area (Å²) in [5.74, 6) is -0.477. The second-order valence-corrected chi connectivity index (χ2v) is 3.60. The first-order chi connectivity index (χ1) is 8.54. The molecular formula is C12H15N3O3. The topological polar surface area (TPSA) is 104 Å². The minimum atomic E-state index is -1.27. The van der Waals surface area contributed by atoms with Crippen LogP contribution >= 0.6 is 0 Å². The number of amides is 2. The molecule has 0 fully saturated rings. The van der Waals surface area contributed by atoms with Crippen molar-refractivity contribution < 1.29 is 14.7 Å². The molecule has 1 aromatic carbocycles. The van der Waals surface area contributed by atoms with E-state index in [9.17, 15) is 9.59 Å². The van der Waals surface area contributed by atoms with Crippen molar-refractivity contribution in [1.82, 2.24) is 5.32 Å². The zero-order valence-electron chi connectivity index (χ0n) is 9.72. The van der Waals surface area contributed by atoms with Crippen molar-refractivity contribution >= 4 is 23.4 Å². The van der Waals surface area contributed by atoms with Crippen molar-refractivity contribution in [3.05, 3.63) is 36.9 Å². The SMILES string of the molecule is C=CCC(NC(=O)O)C(=O)Nc1ccccc1N. The highest BCUT2D eigenvalue weighted by Gasteiger charge is 2.19. The molecule has 1 atom stereocenters. The molecule has 6 nitrogen and oxygen atoms in total. The number of hydrogen-bond donors (Lipinski definition) is 4. The van der Waals surface area contributed by atoms with Crippen LogP contribution in [0.2, 0.25) is 0 Å². The van der Waals surface area contributed by atoms with Gasteiger partial charge in [0.2, 0.25) is 5.91 Å². The zero-order chi connectivity index (χ0) is 13.5. The fourth-order valence-corrected chi connectivity index (χ4v) is 1.38. The van der Waals surface area contributed by atoms with Crippen molar-refractivity contribution in [2.75, 3.05) is 11.1 Å². The van der Waals surface area contributed by atoms with E-state index in [1.54, 1.807) is 24.3 Å². The number of carboxylic acid groups (broad SMARTS) is 1. The van der Waals surface area contributed by atoms with Crippen LogP contribution in [-0.2, 0) is 4.79 Å². The number of nitrogens with one attached hydrogen (secondary N) is 2. The Morgan fingerprint density at radius 2 is 2.11 bits per heavy atom. The Kier molecular flexibility index (Phi) is 4.74. The Balaban J connectivity index is 2.75. The van der Waals surface area contributed by atoms with Gasteiger partial charge in [-0.3, -0.25) is 4.79 Å². The molecule has 5 N–H and O–H groups in total. The first-order valence-electron chi connectivity index (χ1n) is 5.30. The van der Waals surface area contributed by atoms with E-state index >= 15 is 0 Å². The molecule has 0 radical (unpaired) electrons. The summed E-state index contributed by atoms with van der Waals surface area (Å²) in [5, 5.41) is 13.3. The zero-order valence-corrected chi connectivity index (χ0v) is 9.72. The van der Waals surface area contributed by atoms with E-state index in [4.69, 9.17) is 10.8 Å². The summed E-state index contributed by atoms with van der Waals surface area (Å²) in [4.78, 5) is 22.4. The number of hydrogen-bond acceptors (Lipinski definition) is 3. The van der Waals surface area contributed by atoms with E-state index in [-0.39, 0.29) is 6.42 Å². The van der Waals surface area contributed by atoms with E-state index in [1.807, 2.05) is 0 Å². The Morgan fingerprint density at radius 1 is 1.44 bits per heavy atom. The highest BCUT2D eigenvalue weighted by molar-refractivity contribution is 5.98. The highest BCUT2D eigenvalue weighted by Crippen LogP contribution is 2.17. The number of benzene rings is 1. The molecule has 0 saturated heterocycles. The molecule has 0 spiro atoms. The monoisotopic (exact) mass is 249 g/mol. The summed E-state index contributed by atoms with van der Waals surface area (Å²) in [6.45, 7) is 3.48. The molecule has 6 heteroatoms. The normalized spacial score (nSPS) is 11.3. The van der Waals surface area contributed by atoms with Gasteiger partial charge in [0.1, 0.15) is 6.04 Å². The maximum atomic E-state index is 11.9. The van der Waals surface area contributed by atoms with Crippen LogP contribution in [0.25, 0.3) is 0 Å². The van der Waals surface area contributed by atoms with Gasteiger partial charge in [0.25, 0.3) is 0 Å². The van der Waals surface area contributed by atoms with Crippen LogP contribution in [0.1, 0.15) is 6.42 Å². The van der Waals surface area contributed by atoms with E-state index in [1.165, 1.54) is 6.08 Å². The lowest BCUT2D eigenvalue weighted by molar-refractivity contribution is -0.118. The van der Waals surface area contributed by atoms with E-state index in [0.717, 1.165) is 0 Å². The number of anilines is 2. The molecule has 0 aromatic heterocycles. The third kappa shape index (κ3) is 3.82. The van der Waals surface area contributed by atoms with Crippen LogP contribution in [0.5, 0.6) is 0 Å². The van der Waals surface area contributed by atoms with Crippen molar-refractivity contribution in [1.29, 1.82) is 0 Å². The van der Waals surface area contributed by atoms with E-state index in [0.29, 0.717) is 11.4 Å². The quantitative estimate of drug-likeness (QED) is 0.468. The number of nitrogens with two attached hydrogens (primary N) is 1. The predicted octanol–water partition coefficient (Wildman–Crippen LogP) is 1.42. The largest absolute Gasteiger partial charge is 0.465 e. The second-order valence-electron chi connectivity index (χ2n) is 3.60. The fourth-order valence-electron chi connectivity index (χ4n) is 1.38. The Morgan fingerprint density at radius 3 is 2.67 bits per heavy atom. The van der Waals surface area contributed by atoms with Crippen LogP contribution in [0, 0.1) is 0 Å². The van der Waals surface area contributed by atoms with Crippen LogP contribution in [0.4, 0.5) is 16.2 Å². The summed E-state index contributed by atoms with van der Waals surface area (Å²) in [5.41, 5.74) is 6.54. The standard InChI is InChI=1S/C12H15N3O3/c1-2-5-10(15-12(17)18)11(16)14-9-7-4-3-6-8(9)13/h2-4,6-7,10,15H,1,5,13H2,(H,14,16)(H,17,18). The minimum absolute atomic E-state index is 0.199. The number of nitrogen functional groups attached to an aromatic ring is 1.